The predicted octanol–water partition coefficient (Wildman–Crippen LogP) is 3.25. The first-order valence-electron chi connectivity index (χ1n) is 12.1. The topological polar surface area (TPSA) is 105 Å². The molecular weight excluding hydrogens is 448 g/mol. The van der Waals surface area contributed by atoms with Gasteiger partial charge in [-0.2, -0.15) is 0 Å². The Morgan fingerprint density at radius 1 is 1.11 bits per heavy atom. The van der Waals surface area contributed by atoms with Crippen LogP contribution in [0.5, 0.6) is 0 Å². The standard InChI is InChI=1S/C27H30N2O6/c1-34-12-6-11-23(24(30)29-14-17-13-27(17,16-29)25(31)32)28-26(33)35-15-22-20-9-4-2-7-18(20)19-8-3-5-10-21(19)22/h2-5,7-10,17,22-23H,6,11-16H2,1H3,(H,28,33)(H,31,32). The Bertz CT molecular complexity index is 1100. The molecule has 1 saturated carbocycles. The minimum Gasteiger partial charge on any atom is -0.481 e. The lowest BCUT2D eigenvalue weighted by Crippen LogP contribution is -2.49. The zero-order chi connectivity index (χ0) is 24.6. The normalized spacial score (nSPS) is 22.7. The number of amides is 2. The molecule has 1 saturated heterocycles. The fourth-order valence-electron chi connectivity index (χ4n) is 5.67. The highest BCUT2D eigenvalue weighted by atomic mass is 16.5. The van der Waals surface area contributed by atoms with Gasteiger partial charge in [0.25, 0.3) is 0 Å². The number of nitrogens with one attached hydrogen (secondary N) is 1. The number of aliphatic carboxylic acids is 1. The van der Waals surface area contributed by atoms with Crippen LogP contribution in [0.4, 0.5) is 4.79 Å². The summed E-state index contributed by atoms with van der Waals surface area (Å²) < 4.78 is 10.7. The predicted molar refractivity (Wildman–Crippen MR) is 128 cm³/mol. The van der Waals surface area contributed by atoms with E-state index >= 15 is 0 Å². The molecule has 0 bridgehead atoms. The summed E-state index contributed by atoms with van der Waals surface area (Å²) in [5, 5.41) is 12.3. The maximum absolute atomic E-state index is 13.2. The number of carboxylic acids is 1. The number of hydrogen-bond acceptors (Lipinski definition) is 5. The zero-order valence-electron chi connectivity index (χ0n) is 19.7. The Morgan fingerprint density at radius 3 is 2.37 bits per heavy atom. The van der Waals surface area contributed by atoms with Crippen molar-refractivity contribution in [2.24, 2.45) is 11.3 Å². The Morgan fingerprint density at radius 2 is 1.77 bits per heavy atom. The number of nitrogens with zero attached hydrogens (tertiary/aromatic N) is 1. The summed E-state index contributed by atoms with van der Waals surface area (Å²) in [6, 6.07) is 15.4. The highest BCUT2D eigenvalue weighted by Crippen LogP contribution is 2.58. The number of alkyl carbamates (subject to hydrolysis) is 1. The number of benzene rings is 2. The number of methoxy groups -OCH3 is 1. The molecule has 2 amide bonds. The quantitative estimate of drug-likeness (QED) is 0.536. The van der Waals surface area contributed by atoms with Gasteiger partial charge in [-0.3, -0.25) is 9.59 Å². The van der Waals surface area contributed by atoms with Gasteiger partial charge in [-0.05, 0) is 47.4 Å². The van der Waals surface area contributed by atoms with Gasteiger partial charge in [0.2, 0.25) is 5.91 Å². The van der Waals surface area contributed by atoms with Crippen LogP contribution >= 0.6 is 0 Å². The lowest BCUT2D eigenvalue weighted by atomic mass is 9.98. The monoisotopic (exact) mass is 478 g/mol. The third-order valence-corrected chi connectivity index (χ3v) is 7.66. The Balaban J connectivity index is 1.24. The fourth-order valence-corrected chi connectivity index (χ4v) is 5.67. The van der Waals surface area contributed by atoms with Gasteiger partial charge in [0, 0.05) is 32.7 Å². The van der Waals surface area contributed by atoms with Crippen LogP contribution in [0, 0.1) is 11.3 Å². The molecule has 2 aliphatic carbocycles. The van der Waals surface area contributed by atoms with E-state index in [-0.39, 0.29) is 30.9 Å². The Labute approximate surface area is 204 Å². The van der Waals surface area contributed by atoms with Crippen molar-refractivity contribution in [2.75, 3.05) is 33.4 Å². The number of carbonyl (C=O) groups excluding carboxylic acids is 2. The summed E-state index contributed by atoms with van der Waals surface area (Å²) in [7, 11) is 1.58. The van der Waals surface area contributed by atoms with E-state index in [2.05, 4.69) is 29.6 Å². The van der Waals surface area contributed by atoms with Crippen molar-refractivity contribution in [3.05, 3.63) is 59.7 Å². The molecule has 8 heteroatoms. The number of carboxylic acid groups (broad SMARTS) is 1. The minimum atomic E-state index is -0.849. The molecule has 2 aromatic rings. The lowest BCUT2D eigenvalue weighted by Gasteiger charge is -2.26. The summed E-state index contributed by atoms with van der Waals surface area (Å²) in [6.07, 6.45) is 0.927. The van der Waals surface area contributed by atoms with Crippen LogP contribution in [0.1, 0.15) is 36.3 Å². The van der Waals surface area contributed by atoms with Crippen molar-refractivity contribution in [2.45, 2.75) is 31.2 Å². The first-order valence-corrected chi connectivity index (χ1v) is 12.1. The molecule has 2 aromatic carbocycles. The maximum atomic E-state index is 13.2. The van der Waals surface area contributed by atoms with Gasteiger partial charge in [0.15, 0.2) is 0 Å². The summed E-state index contributed by atoms with van der Waals surface area (Å²) in [4.78, 5) is 39.2. The second-order valence-electron chi connectivity index (χ2n) is 9.74. The van der Waals surface area contributed by atoms with Crippen LogP contribution in [-0.4, -0.2) is 67.4 Å². The van der Waals surface area contributed by atoms with E-state index in [1.54, 1.807) is 12.0 Å². The van der Waals surface area contributed by atoms with E-state index in [1.165, 1.54) is 0 Å². The maximum Gasteiger partial charge on any atom is 0.407 e. The van der Waals surface area contributed by atoms with E-state index in [0.29, 0.717) is 32.4 Å². The molecule has 2 fully saturated rings. The van der Waals surface area contributed by atoms with Crippen LogP contribution < -0.4 is 5.32 Å². The van der Waals surface area contributed by atoms with Gasteiger partial charge in [-0.1, -0.05) is 48.5 Å². The van der Waals surface area contributed by atoms with Crippen molar-refractivity contribution in [1.82, 2.24) is 10.2 Å². The van der Waals surface area contributed by atoms with Gasteiger partial charge in [-0.15, -0.1) is 0 Å². The summed E-state index contributed by atoms with van der Waals surface area (Å²) in [5.41, 5.74) is 3.71. The molecule has 184 valence electrons. The van der Waals surface area contributed by atoms with E-state index in [0.717, 1.165) is 22.3 Å². The number of likely N-dealkylation sites (tertiary alicyclic amines) is 1. The summed E-state index contributed by atoms with van der Waals surface area (Å²) >= 11 is 0. The second kappa shape index (κ2) is 9.34. The summed E-state index contributed by atoms with van der Waals surface area (Å²) in [5.74, 6) is -1.18. The number of ether oxygens (including phenoxy) is 2. The van der Waals surface area contributed by atoms with Gasteiger partial charge >= 0.3 is 12.1 Å². The highest BCUT2D eigenvalue weighted by molar-refractivity contribution is 5.88. The average Bonchev–Trinajstić information content (AvgIpc) is 3.29. The minimum absolute atomic E-state index is 0.00182. The molecule has 1 heterocycles. The smallest absolute Gasteiger partial charge is 0.407 e. The molecule has 35 heavy (non-hydrogen) atoms. The molecule has 2 N–H and O–H groups in total. The molecule has 5 rings (SSSR count). The van der Waals surface area contributed by atoms with Crippen LogP contribution in [0.25, 0.3) is 11.1 Å². The van der Waals surface area contributed by atoms with Crippen molar-refractivity contribution in [1.29, 1.82) is 0 Å². The van der Waals surface area contributed by atoms with Crippen LogP contribution in [-0.2, 0) is 19.1 Å². The van der Waals surface area contributed by atoms with Crippen molar-refractivity contribution in [3.8, 4) is 11.1 Å². The van der Waals surface area contributed by atoms with Gasteiger partial charge in [0.05, 0.1) is 5.41 Å². The first kappa shape index (κ1) is 23.4. The van der Waals surface area contributed by atoms with Crippen LogP contribution in [0.15, 0.2) is 48.5 Å². The lowest BCUT2D eigenvalue weighted by molar-refractivity contribution is -0.144. The molecule has 3 unspecified atom stereocenters. The number of rotatable bonds is 9. The highest BCUT2D eigenvalue weighted by Gasteiger charge is 2.66. The molecule has 8 nitrogen and oxygen atoms in total. The van der Waals surface area contributed by atoms with E-state index < -0.39 is 23.5 Å². The Hall–Kier alpha value is -3.39. The second-order valence-corrected chi connectivity index (χ2v) is 9.74. The number of piperidine rings is 1. The largest absolute Gasteiger partial charge is 0.481 e. The average molecular weight is 479 g/mol. The third-order valence-electron chi connectivity index (χ3n) is 7.66. The van der Waals surface area contributed by atoms with E-state index in [4.69, 9.17) is 9.47 Å². The molecule has 3 aliphatic rings. The van der Waals surface area contributed by atoms with Crippen molar-refractivity contribution < 1.29 is 29.0 Å². The molecule has 3 atom stereocenters. The number of fused-ring (bicyclic) bond motifs is 4. The molecule has 1 aliphatic heterocycles. The molecule has 0 spiro atoms. The number of carbonyl (C=O) groups is 3. The van der Waals surface area contributed by atoms with Crippen molar-refractivity contribution >= 4 is 18.0 Å². The Kier molecular flexibility index (Phi) is 6.23. The SMILES string of the molecule is COCCCC(NC(=O)OCC1c2ccccc2-c2ccccc21)C(=O)N1CC2CC2(C(=O)O)C1. The number of hydrogen-bond donors (Lipinski definition) is 2. The third kappa shape index (κ3) is 4.27. The zero-order valence-corrected chi connectivity index (χ0v) is 19.7. The van der Waals surface area contributed by atoms with Crippen LogP contribution in [0.3, 0.4) is 0 Å². The van der Waals surface area contributed by atoms with E-state index in [1.807, 2.05) is 24.3 Å². The molecule has 0 aromatic heterocycles. The van der Waals surface area contributed by atoms with E-state index in [9.17, 15) is 19.5 Å². The van der Waals surface area contributed by atoms with Crippen molar-refractivity contribution in [3.63, 3.8) is 0 Å². The van der Waals surface area contributed by atoms with Gasteiger partial charge < -0.3 is 24.8 Å². The summed E-state index contributed by atoms with van der Waals surface area (Å²) in [6.45, 7) is 1.22. The molecule has 0 radical (unpaired) electrons. The van der Waals surface area contributed by atoms with Gasteiger partial charge in [-0.25, -0.2) is 4.79 Å². The molecular formula is C27H30N2O6. The fraction of sp³-hybridized carbons (Fsp3) is 0.444. The first-order chi connectivity index (χ1) is 16.9. The van der Waals surface area contributed by atoms with Gasteiger partial charge in [0.1, 0.15) is 12.6 Å². The van der Waals surface area contributed by atoms with Crippen LogP contribution in [0.2, 0.25) is 0 Å².